The van der Waals surface area contributed by atoms with Gasteiger partial charge in [0.05, 0.1) is 17.9 Å². The number of carbonyl (C=O) groups excluding carboxylic acids is 1. The molecule has 9 heteroatoms. The SMILES string of the molecule is COc1ccc(-n2cnnc2SCC(=O)Nc2ccc(Cl)cn2)cc1. The van der Waals surface area contributed by atoms with Gasteiger partial charge >= 0.3 is 0 Å². The largest absolute Gasteiger partial charge is 0.497 e. The molecule has 0 aliphatic rings. The zero-order valence-corrected chi connectivity index (χ0v) is 14.8. The molecule has 2 heterocycles. The molecule has 25 heavy (non-hydrogen) atoms. The molecule has 3 aromatic rings. The first-order valence-electron chi connectivity index (χ1n) is 7.24. The molecule has 128 valence electrons. The Labute approximate surface area is 153 Å². The topological polar surface area (TPSA) is 81.9 Å². The highest BCUT2D eigenvalue weighted by molar-refractivity contribution is 7.99. The number of aromatic nitrogens is 4. The van der Waals surface area contributed by atoms with Crippen LogP contribution in [0.3, 0.4) is 0 Å². The molecule has 0 radical (unpaired) electrons. The number of amides is 1. The molecular weight excluding hydrogens is 362 g/mol. The summed E-state index contributed by atoms with van der Waals surface area (Å²) in [5, 5.41) is 11.8. The van der Waals surface area contributed by atoms with Crippen LogP contribution in [0.15, 0.2) is 54.1 Å². The molecular formula is C16H14ClN5O2S. The Morgan fingerprint density at radius 2 is 2.08 bits per heavy atom. The number of methoxy groups -OCH3 is 1. The summed E-state index contributed by atoms with van der Waals surface area (Å²) in [6.07, 6.45) is 3.08. The Morgan fingerprint density at radius 1 is 1.28 bits per heavy atom. The molecule has 0 unspecified atom stereocenters. The van der Waals surface area contributed by atoms with E-state index in [1.165, 1.54) is 18.0 Å². The first-order chi connectivity index (χ1) is 12.2. The number of thioether (sulfide) groups is 1. The van der Waals surface area contributed by atoms with Gasteiger partial charge in [-0.1, -0.05) is 23.4 Å². The minimum Gasteiger partial charge on any atom is -0.497 e. The van der Waals surface area contributed by atoms with Crippen molar-refractivity contribution < 1.29 is 9.53 Å². The standard InChI is InChI=1S/C16H14ClN5O2S/c1-24-13-5-3-12(4-6-13)22-10-19-21-16(22)25-9-15(23)20-14-7-2-11(17)8-18-14/h2-8,10H,9H2,1H3,(H,18,20,23). The molecule has 0 bridgehead atoms. The van der Waals surface area contributed by atoms with Gasteiger partial charge in [0.25, 0.3) is 0 Å². The lowest BCUT2D eigenvalue weighted by Gasteiger charge is -2.07. The first-order valence-corrected chi connectivity index (χ1v) is 8.61. The van der Waals surface area contributed by atoms with E-state index in [1.54, 1.807) is 30.1 Å². The van der Waals surface area contributed by atoms with Crippen LogP contribution in [0.2, 0.25) is 5.02 Å². The Hall–Kier alpha value is -2.58. The zero-order valence-electron chi connectivity index (χ0n) is 13.2. The highest BCUT2D eigenvalue weighted by Gasteiger charge is 2.11. The molecule has 3 rings (SSSR count). The quantitative estimate of drug-likeness (QED) is 0.667. The van der Waals surface area contributed by atoms with E-state index in [1.807, 2.05) is 24.3 Å². The molecule has 0 aliphatic heterocycles. The van der Waals surface area contributed by atoms with Crippen molar-refractivity contribution >= 4 is 35.1 Å². The maximum absolute atomic E-state index is 12.0. The third-order valence-corrected chi connectivity index (χ3v) is 4.36. The second-order valence-corrected chi connectivity index (χ2v) is 6.26. The lowest BCUT2D eigenvalue weighted by molar-refractivity contribution is -0.113. The van der Waals surface area contributed by atoms with E-state index < -0.39 is 0 Å². The van der Waals surface area contributed by atoms with E-state index in [9.17, 15) is 4.79 Å². The number of anilines is 1. The molecule has 0 aliphatic carbocycles. The zero-order chi connectivity index (χ0) is 17.6. The average molecular weight is 376 g/mol. The molecule has 0 saturated heterocycles. The third-order valence-electron chi connectivity index (χ3n) is 3.19. The van der Waals surface area contributed by atoms with Crippen molar-refractivity contribution in [3.8, 4) is 11.4 Å². The van der Waals surface area contributed by atoms with E-state index in [0.29, 0.717) is 16.0 Å². The number of ether oxygens (including phenoxy) is 1. The van der Waals surface area contributed by atoms with Crippen LogP contribution in [0.5, 0.6) is 5.75 Å². The fraction of sp³-hybridized carbons (Fsp3) is 0.125. The van der Waals surface area contributed by atoms with E-state index in [4.69, 9.17) is 16.3 Å². The monoisotopic (exact) mass is 375 g/mol. The minimum atomic E-state index is -0.191. The number of rotatable bonds is 6. The Morgan fingerprint density at radius 3 is 2.76 bits per heavy atom. The van der Waals surface area contributed by atoms with Crippen LogP contribution in [-0.2, 0) is 4.79 Å². The maximum atomic E-state index is 12.0. The number of nitrogens with one attached hydrogen (secondary N) is 1. The van der Waals surface area contributed by atoms with Crippen molar-refractivity contribution in [2.45, 2.75) is 5.16 Å². The van der Waals surface area contributed by atoms with Crippen molar-refractivity contribution in [2.75, 3.05) is 18.2 Å². The lowest BCUT2D eigenvalue weighted by atomic mass is 10.3. The summed E-state index contributed by atoms with van der Waals surface area (Å²) in [4.78, 5) is 16.1. The number of pyridine rings is 1. The second kappa shape index (κ2) is 8.00. The number of hydrogen-bond donors (Lipinski definition) is 1. The molecule has 1 aromatic carbocycles. The van der Waals surface area contributed by atoms with Gasteiger partial charge in [-0.05, 0) is 36.4 Å². The molecule has 7 nitrogen and oxygen atoms in total. The van der Waals surface area contributed by atoms with Crippen molar-refractivity contribution in [3.63, 3.8) is 0 Å². The van der Waals surface area contributed by atoms with Gasteiger partial charge in [-0.25, -0.2) is 4.98 Å². The minimum absolute atomic E-state index is 0.180. The number of carbonyl (C=O) groups is 1. The number of nitrogens with zero attached hydrogens (tertiary/aromatic N) is 4. The van der Waals surface area contributed by atoms with Crippen LogP contribution in [0.4, 0.5) is 5.82 Å². The average Bonchev–Trinajstić information content (AvgIpc) is 3.10. The number of halogens is 1. The van der Waals surface area contributed by atoms with Gasteiger partial charge in [-0.15, -0.1) is 10.2 Å². The normalized spacial score (nSPS) is 10.5. The van der Waals surface area contributed by atoms with Crippen LogP contribution in [0.1, 0.15) is 0 Å². The summed E-state index contributed by atoms with van der Waals surface area (Å²) < 4.78 is 6.95. The fourth-order valence-electron chi connectivity index (χ4n) is 2.00. The summed E-state index contributed by atoms with van der Waals surface area (Å²) in [5.74, 6) is 1.20. The number of hydrogen-bond acceptors (Lipinski definition) is 6. The molecule has 0 fully saturated rings. The smallest absolute Gasteiger partial charge is 0.236 e. The third kappa shape index (κ3) is 4.49. The van der Waals surface area contributed by atoms with E-state index >= 15 is 0 Å². The van der Waals surface area contributed by atoms with Crippen molar-refractivity contribution in [2.24, 2.45) is 0 Å². The summed E-state index contributed by atoms with van der Waals surface area (Å²) >= 11 is 7.05. The number of benzene rings is 1. The molecule has 2 aromatic heterocycles. The second-order valence-electron chi connectivity index (χ2n) is 4.88. The highest BCUT2D eigenvalue weighted by Crippen LogP contribution is 2.21. The predicted molar refractivity (Wildman–Crippen MR) is 96.5 cm³/mol. The van der Waals surface area contributed by atoms with Crippen LogP contribution in [0, 0.1) is 0 Å². The van der Waals surface area contributed by atoms with Gasteiger partial charge in [0.1, 0.15) is 17.9 Å². The maximum Gasteiger partial charge on any atom is 0.236 e. The Bertz CT molecular complexity index is 852. The van der Waals surface area contributed by atoms with Crippen LogP contribution < -0.4 is 10.1 Å². The van der Waals surface area contributed by atoms with Crippen molar-refractivity contribution in [1.82, 2.24) is 19.7 Å². The molecule has 0 spiro atoms. The fourth-order valence-corrected chi connectivity index (χ4v) is 2.84. The van der Waals surface area contributed by atoms with Crippen LogP contribution in [-0.4, -0.2) is 38.5 Å². The Kier molecular flexibility index (Phi) is 5.52. The van der Waals surface area contributed by atoms with E-state index in [2.05, 4.69) is 20.5 Å². The first kappa shape index (κ1) is 17.2. The summed E-state index contributed by atoms with van der Waals surface area (Å²) in [6, 6.07) is 10.8. The Balaban J connectivity index is 1.62. The summed E-state index contributed by atoms with van der Waals surface area (Å²) in [6.45, 7) is 0. The van der Waals surface area contributed by atoms with Crippen LogP contribution in [0.25, 0.3) is 5.69 Å². The van der Waals surface area contributed by atoms with Gasteiger partial charge in [0.2, 0.25) is 5.91 Å². The van der Waals surface area contributed by atoms with Gasteiger partial charge in [0, 0.05) is 11.9 Å². The molecule has 1 N–H and O–H groups in total. The van der Waals surface area contributed by atoms with Gasteiger partial charge in [-0.3, -0.25) is 9.36 Å². The van der Waals surface area contributed by atoms with Crippen LogP contribution >= 0.6 is 23.4 Å². The van der Waals surface area contributed by atoms with Crippen molar-refractivity contribution in [3.05, 3.63) is 53.9 Å². The van der Waals surface area contributed by atoms with Gasteiger partial charge in [0.15, 0.2) is 5.16 Å². The summed E-state index contributed by atoms with van der Waals surface area (Å²) in [7, 11) is 1.61. The van der Waals surface area contributed by atoms with E-state index in [0.717, 1.165) is 11.4 Å². The molecule has 1 amide bonds. The van der Waals surface area contributed by atoms with Crippen molar-refractivity contribution in [1.29, 1.82) is 0 Å². The lowest BCUT2D eigenvalue weighted by Crippen LogP contribution is -2.15. The van der Waals surface area contributed by atoms with Gasteiger partial charge in [-0.2, -0.15) is 0 Å². The molecule has 0 atom stereocenters. The molecule has 0 saturated carbocycles. The van der Waals surface area contributed by atoms with E-state index in [-0.39, 0.29) is 11.7 Å². The predicted octanol–water partition coefficient (Wildman–Crippen LogP) is 3.06. The van der Waals surface area contributed by atoms with Gasteiger partial charge < -0.3 is 10.1 Å². The highest BCUT2D eigenvalue weighted by atomic mass is 35.5. The summed E-state index contributed by atoms with van der Waals surface area (Å²) in [5.41, 5.74) is 0.882.